The number of amides is 1. The molecule has 2 fully saturated rings. The van der Waals surface area contributed by atoms with Gasteiger partial charge < -0.3 is 14.5 Å². The fourth-order valence-corrected chi connectivity index (χ4v) is 4.76. The smallest absolute Gasteiger partial charge is 0.410 e. The molecule has 1 aromatic carbocycles. The average Bonchev–Trinajstić information content (AvgIpc) is 2.81. The highest BCUT2D eigenvalue weighted by Gasteiger charge is 2.45. The molecule has 2 aliphatic rings. The number of ether oxygens (including phenoxy) is 1. The molecule has 2 saturated heterocycles. The summed E-state index contributed by atoms with van der Waals surface area (Å²) in [7, 11) is 0. The number of carbonyl (C=O) groups is 1. The highest BCUT2D eigenvalue weighted by molar-refractivity contribution is 6.11. The number of benzene rings is 1. The number of hydrogen-bond acceptors (Lipinski definition) is 6. The van der Waals surface area contributed by atoms with E-state index in [1.54, 1.807) is 13.1 Å². The van der Waals surface area contributed by atoms with Crippen LogP contribution in [0.5, 0.6) is 0 Å². The lowest BCUT2D eigenvalue weighted by atomic mass is 9.72. The van der Waals surface area contributed by atoms with Gasteiger partial charge in [-0.05, 0) is 75.8 Å². The van der Waals surface area contributed by atoms with Crippen molar-refractivity contribution in [2.45, 2.75) is 52.7 Å². The summed E-state index contributed by atoms with van der Waals surface area (Å²) in [5.74, 6) is -1.86. The van der Waals surface area contributed by atoms with Gasteiger partial charge in [0.05, 0.1) is 5.69 Å². The second-order valence-electron chi connectivity index (χ2n) is 10.7. The Morgan fingerprint density at radius 1 is 1.11 bits per heavy atom. The summed E-state index contributed by atoms with van der Waals surface area (Å²) >= 11 is 0. The van der Waals surface area contributed by atoms with Gasteiger partial charge in [0.25, 0.3) is 0 Å². The summed E-state index contributed by atoms with van der Waals surface area (Å²) in [5, 5.41) is 4.08. The zero-order chi connectivity index (χ0) is 25.9. The van der Waals surface area contributed by atoms with E-state index in [-0.39, 0.29) is 11.5 Å². The van der Waals surface area contributed by atoms with Crippen LogP contribution in [-0.4, -0.2) is 65.0 Å². The van der Waals surface area contributed by atoms with Gasteiger partial charge >= 0.3 is 6.09 Å². The second-order valence-corrected chi connectivity index (χ2v) is 10.7. The average molecular weight is 501 g/mol. The molecule has 1 aromatic heterocycles. The Morgan fingerprint density at radius 2 is 1.83 bits per heavy atom. The minimum atomic E-state index is -0.947. The molecule has 0 saturated carbocycles. The fraction of sp³-hybridized carbons (Fsp3) is 0.519. The van der Waals surface area contributed by atoms with Gasteiger partial charge in [-0.1, -0.05) is 11.2 Å². The van der Waals surface area contributed by atoms with E-state index in [9.17, 15) is 13.6 Å². The summed E-state index contributed by atoms with van der Waals surface area (Å²) in [6, 6.07) is 7.41. The summed E-state index contributed by atoms with van der Waals surface area (Å²) in [5.41, 5.74) is 2.10. The van der Waals surface area contributed by atoms with Crippen molar-refractivity contribution in [1.82, 2.24) is 14.8 Å². The fourth-order valence-electron chi connectivity index (χ4n) is 4.76. The first-order chi connectivity index (χ1) is 17.1. The molecular weight excluding hydrogens is 466 g/mol. The van der Waals surface area contributed by atoms with Crippen molar-refractivity contribution in [2.75, 3.05) is 32.8 Å². The van der Waals surface area contributed by atoms with Gasteiger partial charge in [-0.2, -0.15) is 0 Å². The molecule has 194 valence electrons. The summed E-state index contributed by atoms with van der Waals surface area (Å²) in [6.45, 7) is 12.0. The van der Waals surface area contributed by atoms with E-state index in [2.05, 4.69) is 15.0 Å². The maximum Gasteiger partial charge on any atom is 0.410 e. The molecule has 0 N–H and O–H groups in total. The lowest BCUT2D eigenvalue weighted by Gasteiger charge is -2.54. The van der Waals surface area contributed by atoms with Crippen LogP contribution in [0.25, 0.3) is 0 Å². The van der Waals surface area contributed by atoms with Crippen molar-refractivity contribution < 1.29 is 23.1 Å². The second kappa shape index (κ2) is 10.5. The maximum atomic E-state index is 13.8. The van der Waals surface area contributed by atoms with E-state index >= 15 is 0 Å². The summed E-state index contributed by atoms with van der Waals surface area (Å²) < 4.78 is 32.7. The lowest BCUT2D eigenvalue weighted by Crippen LogP contribution is -2.60. The van der Waals surface area contributed by atoms with E-state index < -0.39 is 17.2 Å². The molecule has 0 atom stereocenters. The Labute approximate surface area is 211 Å². The first kappa shape index (κ1) is 26.0. The Bertz CT molecular complexity index is 1100. The first-order valence-electron chi connectivity index (χ1n) is 12.4. The molecule has 2 aromatic rings. The quantitative estimate of drug-likeness (QED) is 0.413. The molecule has 0 radical (unpaired) electrons. The van der Waals surface area contributed by atoms with Crippen LogP contribution >= 0.6 is 0 Å². The van der Waals surface area contributed by atoms with Crippen LogP contribution in [0.2, 0.25) is 0 Å². The third kappa shape index (κ3) is 6.19. The Balaban J connectivity index is 1.33. The van der Waals surface area contributed by atoms with Crippen LogP contribution in [0.1, 0.15) is 57.4 Å². The van der Waals surface area contributed by atoms with Crippen LogP contribution in [-0.2, 0) is 16.1 Å². The molecule has 0 bridgehead atoms. The van der Waals surface area contributed by atoms with Gasteiger partial charge in [0, 0.05) is 44.5 Å². The number of hydrogen-bond donors (Lipinski definition) is 0. The van der Waals surface area contributed by atoms with Gasteiger partial charge in [-0.15, -0.1) is 0 Å². The van der Waals surface area contributed by atoms with E-state index in [0.29, 0.717) is 23.6 Å². The molecule has 0 aliphatic carbocycles. The Kier molecular flexibility index (Phi) is 7.59. The SMILES string of the molecule is CCO/N=C(\c1ccc(F)c(F)c1)c1ccc(CN2CC3(CCN(C(=O)OC(C)(C)C)CC3)C2)cn1. The minimum Gasteiger partial charge on any atom is -0.444 e. The number of rotatable bonds is 6. The molecule has 1 amide bonds. The number of aromatic nitrogens is 1. The van der Waals surface area contributed by atoms with E-state index in [1.807, 2.05) is 37.8 Å². The molecule has 4 rings (SSSR count). The first-order valence-corrected chi connectivity index (χ1v) is 12.4. The van der Waals surface area contributed by atoms with Crippen molar-refractivity contribution in [3.8, 4) is 0 Å². The number of carbonyl (C=O) groups excluding carboxylic acids is 1. The van der Waals surface area contributed by atoms with Crippen LogP contribution in [0.15, 0.2) is 41.7 Å². The number of pyridine rings is 1. The zero-order valence-electron chi connectivity index (χ0n) is 21.4. The Morgan fingerprint density at radius 3 is 2.42 bits per heavy atom. The van der Waals surface area contributed by atoms with Gasteiger partial charge in [0.1, 0.15) is 17.9 Å². The molecule has 36 heavy (non-hydrogen) atoms. The van der Waals surface area contributed by atoms with Crippen LogP contribution in [0.3, 0.4) is 0 Å². The van der Waals surface area contributed by atoms with Gasteiger partial charge in [-0.3, -0.25) is 9.88 Å². The van der Waals surface area contributed by atoms with E-state index in [0.717, 1.165) is 63.3 Å². The van der Waals surface area contributed by atoms with Crippen LogP contribution in [0, 0.1) is 17.0 Å². The zero-order valence-corrected chi connectivity index (χ0v) is 21.4. The molecule has 9 heteroatoms. The minimum absolute atomic E-state index is 0.227. The predicted molar refractivity (Wildman–Crippen MR) is 133 cm³/mol. The van der Waals surface area contributed by atoms with Crippen molar-refractivity contribution in [3.63, 3.8) is 0 Å². The van der Waals surface area contributed by atoms with Gasteiger partial charge in [0.15, 0.2) is 11.6 Å². The number of piperidine rings is 1. The predicted octanol–water partition coefficient (Wildman–Crippen LogP) is 4.98. The molecule has 3 heterocycles. The number of nitrogens with zero attached hydrogens (tertiary/aromatic N) is 4. The van der Waals surface area contributed by atoms with Crippen molar-refractivity contribution in [3.05, 3.63) is 65.0 Å². The molecule has 7 nitrogen and oxygen atoms in total. The van der Waals surface area contributed by atoms with Crippen LogP contribution in [0.4, 0.5) is 13.6 Å². The maximum absolute atomic E-state index is 13.8. The number of likely N-dealkylation sites (tertiary alicyclic amines) is 2. The topological polar surface area (TPSA) is 67.3 Å². The van der Waals surface area contributed by atoms with Gasteiger partial charge in [-0.25, -0.2) is 13.6 Å². The molecule has 2 aliphatic heterocycles. The van der Waals surface area contributed by atoms with E-state index in [1.165, 1.54) is 6.07 Å². The third-order valence-electron chi connectivity index (χ3n) is 6.55. The molecule has 0 unspecified atom stereocenters. The number of halogens is 2. The largest absolute Gasteiger partial charge is 0.444 e. The van der Waals surface area contributed by atoms with E-state index in [4.69, 9.17) is 9.57 Å². The highest BCUT2D eigenvalue weighted by Crippen LogP contribution is 2.41. The molecule has 1 spiro atoms. The normalized spacial score (nSPS) is 18.2. The van der Waals surface area contributed by atoms with Crippen molar-refractivity contribution >= 4 is 11.8 Å². The van der Waals surface area contributed by atoms with Crippen LogP contribution < -0.4 is 0 Å². The lowest BCUT2D eigenvalue weighted by molar-refractivity contribution is -0.0551. The highest BCUT2D eigenvalue weighted by atomic mass is 19.2. The standard InChI is InChI=1S/C27H34F2N4O3/c1-5-35-31-24(20-7-8-21(28)22(29)14-20)23-9-6-19(15-30-23)16-32-17-27(18-32)10-12-33(13-11-27)25(34)36-26(2,3)4/h6-9,14-15H,5,10-13,16-18H2,1-4H3/b31-24+. The van der Waals surface area contributed by atoms with Crippen molar-refractivity contribution in [2.24, 2.45) is 10.6 Å². The monoisotopic (exact) mass is 500 g/mol. The third-order valence-corrected chi connectivity index (χ3v) is 6.55. The molecular formula is C27H34F2N4O3. The summed E-state index contributed by atoms with van der Waals surface area (Å²) in [6.07, 6.45) is 3.51. The Hall–Kier alpha value is -3.07. The van der Waals surface area contributed by atoms with Crippen molar-refractivity contribution in [1.29, 1.82) is 0 Å². The van der Waals surface area contributed by atoms with Gasteiger partial charge in [0.2, 0.25) is 0 Å². The summed E-state index contributed by atoms with van der Waals surface area (Å²) in [4.78, 5) is 26.2. The number of oxime groups is 1.